The number of hydrogen-bond acceptors (Lipinski definition) is 6. The molecule has 0 bridgehead atoms. The Balaban J connectivity index is 1.50. The van der Waals surface area contributed by atoms with Crippen LogP contribution >= 0.6 is 0 Å². The van der Waals surface area contributed by atoms with Crippen molar-refractivity contribution in [3.63, 3.8) is 0 Å². The molecule has 2 heterocycles. The summed E-state index contributed by atoms with van der Waals surface area (Å²) < 4.78 is 18.6. The highest BCUT2D eigenvalue weighted by molar-refractivity contribution is 5.73. The summed E-state index contributed by atoms with van der Waals surface area (Å²) in [5.41, 5.74) is 3.91. The van der Waals surface area contributed by atoms with E-state index in [1.54, 1.807) is 0 Å². The number of carbonyl (C=O) groups is 1. The van der Waals surface area contributed by atoms with Gasteiger partial charge in [-0.3, -0.25) is 4.90 Å². The molecule has 2 aromatic carbocycles. The minimum Gasteiger partial charge on any atom is -0.392 e. The molecule has 8 heteroatoms. The van der Waals surface area contributed by atoms with Gasteiger partial charge in [-0.2, -0.15) is 0 Å². The third-order valence-electron chi connectivity index (χ3n) is 6.71. The largest absolute Gasteiger partial charge is 0.392 e. The van der Waals surface area contributed by atoms with Crippen molar-refractivity contribution >= 4 is 6.03 Å². The zero-order chi connectivity index (χ0) is 24.6. The Morgan fingerprint density at radius 2 is 1.63 bits per heavy atom. The molecule has 0 saturated carbocycles. The molecule has 35 heavy (non-hydrogen) atoms. The van der Waals surface area contributed by atoms with Crippen LogP contribution in [0.25, 0.3) is 0 Å². The minimum atomic E-state index is -0.495. The van der Waals surface area contributed by atoms with Crippen molar-refractivity contribution in [3.8, 4) is 0 Å². The normalized spacial score (nSPS) is 25.2. The number of rotatable bonds is 8. The first-order valence-electron chi connectivity index (χ1n) is 12.5. The first-order chi connectivity index (χ1) is 17.1. The molecule has 2 aliphatic rings. The van der Waals surface area contributed by atoms with Crippen LogP contribution < -0.4 is 10.6 Å². The number of benzene rings is 2. The van der Waals surface area contributed by atoms with Gasteiger partial charge in [-0.1, -0.05) is 55.5 Å². The highest BCUT2D eigenvalue weighted by Gasteiger charge is 2.39. The van der Waals surface area contributed by atoms with E-state index in [0.717, 1.165) is 55.1 Å². The molecule has 2 amide bonds. The van der Waals surface area contributed by atoms with E-state index in [-0.39, 0.29) is 30.8 Å². The molecule has 3 N–H and O–H groups in total. The van der Waals surface area contributed by atoms with Crippen LogP contribution in [0.2, 0.25) is 0 Å². The zero-order valence-corrected chi connectivity index (χ0v) is 20.6. The summed E-state index contributed by atoms with van der Waals surface area (Å²) in [6, 6.07) is 15.8. The number of urea groups is 1. The lowest BCUT2D eigenvalue weighted by atomic mass is 9.90. The molecule has 2 aromatic rings. The molecule has 4 atom stereocenters. The molecule has 0 spiro atoms. The van der Waals surface area contributed by atoms with Crippen LogP contribution in [0.5, 0.6) is 0 Å². The van der Waals surface area contributed by atoms with Crippen LogP contribution in [0, 0.1) is 5.92 Å². The molecule has 0 aliphatic carbocycles. The van der Waals surface area contributed by atoms with Gasteiger partial charge in [-0.15, -0.1) is 0 Å². The molecule has 4 rings (SSSR count). The fourth-order valence-electron chi connectivity index (χ4n) is 4.56. The summed E-state index contributed by atoms with van der Waals surface area (Å²) in [6.45, 7) is 9.27. The maximum absolute atomic E-state index is 11.7. The highest BCUT2D eigenvalue weighted by Crippen LogP contribution is 2.41. The van der Waals surface area contributed by atoms with Gasteiger partial charge in [0.1, 0.15) is 0 Å². The van der Waals surface area contributed by atoms with Crippen LogP contribution in [0.3, 0.4) is 0 Å². The summed E-state index contributed by atoms with van der Waals surface area (Å²) >= 11 is 0. The summed E-state index contributed by atoms with van der Waals surface area (Å²) in [7, 11) is 0. The molecule has 2 fully saturated rings. The van der Waals surface area contributed by atoms with E-state index in [1.807, 2.05) is 55.5 Å². The fraction of sp³-hybridized carbons (Fsp3) is 0.519. The molecule has 8 nitrogen and oxygen atoms in total. The van der Waals surface area contributed by atoms with E-state index in [1.165, 1.54) is 0 Å². The van der Waals surface area contributed by atoms with Gasteiger partial charge < -0.3 is 30.0 Å². The summed E-state index contributed by atoms with van der Waals surface area (Å²) in [5.74, 6) is 0.148. The summed E-state index contributed by atoms with van der Waals surface area (Å²) in [4.78, 5) is 14.1. The van der Waals surface area contributed by atoms with Crippen LogP contribution in [0.1, 0.15) is 48.5 Å². The SMILES string of the molecule is CCNC(=O)NCc1ccc([C@H]2O[C@@H](CN3CCOCC3)[C@@H](C)[C@@H](c3ccc(CO)cc3)O2)cc1. The van der Waals surface area contributed by atoms with Crippen molar-refractivity contribution in [2.75, 3.05) is 39.4 Å². The van der Waals surface area contributed by atoms with Gasteiger partial charge in [-0.05, 0) is 23.6 Å². The zero-order valence-electron chi connectivity index (χ0n) is 20.6. The van der Waals surface area contributed by atoms with Gasteiger partial charge in [0.15, 0.2) is 6.29 Å². The molecule has 2 aliphatic heterocycles. The molecule has 0 radical (unpaired) electrons. The number of ether oxygens (including phenoxy) is 3. The Morgan fingerprint density at radius 3 is 2.29 bits per heavy atom. The first kappa shape index (κ1) is 25.6. The van der Waals surface area contributed by atoms with Gasteiger partial charge in [0, 0.05) is 44.2 Å². The van der Waals surface area contributed by atoms with Gasteiger partial charge in [0.05, 0.1) is 32.0 Å². The lowest BCUT2D eigenvalue weighted by Gasteiger charge is -2.43. The van der Waals surface area contributed by atoms with E-state index < -0.39 is 6.29 Å². The van der Waals surface area contributed by atoms with Crippen molar-refractivity contribution in [3.05, 3.63) is 70.8 Å². The van der Waals surface area contributed by atoms with Crippen molar-refractivity contribution < 1.29 is 24.1 Å². The number of hydrogen-bond donors (Lipinski definition) is 3. The van der Waals surface area contributed by atoms with E-state index in [0.29, 0.717) is 13.1 Å². The van der Waals surface area contributed by atoms with E-state index in [4.69, 9.17) is 14.2 Å². The number of morpholine rings is 1. The van der Waals surface area contributed by atoms with Crippen molar-refractivity contribution in [2.45, 2.75) is 45.5 Å². The molecular weight excluding hydrogens is 446 g/mol. The molecule has 190 valence electrons. The second-order valence-corrected chi connectivity index (χ2v) is 9.19. The third-order valence-corrected chi connectivity index (χ3v) is 6.71. The number of nitrogens with zero attached hydrogens (tertiary/aromatic N) is 1. The van der Waals surface area contributed by atoms with Crippen molar-refractivity contribution in [2.24, 2.45) is 5.92 Å². The van der Waals surface area contributed by atoms with Crippen LogP contribution in [0.4, 0.5) is 4.79 Å². The third kappa shape index (κ3) is 6.80. The van der Waals surface area contributed by atoms with E-state index in [2.05, 4.69) is 22.5 Å². The number of carbonyl (C=O) groups excluding carboxylic acids is 1. The molecular formula is C27H37N3O5. The lowest BCUT2D eigenvalue weighted by Crippen LogP contribution is -2.47. The second-order valence-electron chi connectivity index (χ2n) is 9.19. The number of nitrogens with one attached hydrogen (secondary N) is 2. The van der Waals surface area contributed by atoms with Crippen LogP contribution in [0.15, 0.2) is 48.5 Å². The Bertz CT molecular complexity index is 931. The summed E-state index contributed by atoms with van der Waals surface area (Å²) in [6.07, 6.45) is -0.634. The first-order valence-corrected chi connectivity index (χ1v) is 12.5. The van der Waals surface area contributed by atoms with Gasteiger partial charge in [-0.25, -0.2) is 4.79 Å². The lowest BCUT2D eigenvalue weighted by molar-refractivity contribution is -0.277. The topological polar surface area (TPSA) is 92.3 Å². The monoisotopic (exact) mass is 483 g/mol. The van der Waals surface area contributed by atoms with Crippen LogP contribution in [-0.2, 0) is 27.4 Å². The Hall–Kier alpha value is -2.49. The number of amides is 2. The maximum atomic E-state index is 11.7. The number of aliphatic hydroxyl groups excluding tert-OH is 1. The Morgan fingerprint density at radius 1 is 0.971 bits per heavy atom. The predicted molar refractivity (Wildman–Crippen MR) is 133 cm³/mol. The van der Waals surface area contributed by atoms with Crippen molar-refractivity contribution in [1.82, 2.24) is 15.5 Å². The standard InChI is InChI=1S/C27H37N3O5/c1-3-28-27(32)29-16-20-4-10-23(11-5-20)26-34-24(17-30-12-14-33-15-13-30)19(2)25(35-26)22-8-6-21(18-31)7-9-22/h4-11,19,24-26,31H,3,12-18H2,1-2H3,(H2,28,29,32)/t19-,24+,25+,26+/m1/s1. The van der Waals surface area contributed by atoms with Crippen LogP contribution in [-0.4, -0.2) is 61.5 Å². The van der Waals surface area contributed by atoms with Gasteiger partial charge in [0.2, 0.25) is 0 Å². The summed E-state index contributed by atoms with van der Waals surface area (Å²) in [5, 5.41) is 15.0. The fourth-order valence-corrected chi connectivity index (χ4v) is 4.56. The van der Waals surface area contributed by atoms with E-state index in [9.17, 15) is 9.90 Å². The number of aliphatic hydroxyl groups is 1. The Labute approximate surface area is 207 Å². The minimum absolute atomic E-state index is 0.00606. The quantitative estimate of drug-likeness (QED) is 0.534. The molecule has 2 saturated heterocycles. The van der Waals surface area contributed by atoms with E-state index >= 15 is 0 Å². The average molecular weight is 484 g/mol. The average Bonchev–Trinajstić information content (AvgIpc) is 2.90. The smallest absolute Gasteiger partial charge is 0.315 e. The van der Waals surface area contributed by atoms with Gasteiger partial charge in [0.25, 0.3) is 0 Å². The van der Waals surface area contributed by atoms with Crippen molar-refractivity contribution in [1.29, 1.82) is 0 Å². The second kappa shape index (κ2) is 12.5. The maximum Gasteiger partial charge on any atom is 0.315 e. The molecule has 0 aromatic heterocycles. The predicted octanol–water partition coefficient (Wildman–Crippen LogP) is 3.12. The molecule has 0 unspecified atom stereocenters. The Kier molecular flexibility index (Phi) is 9.12. The highest BCUT2D eigenvalue weighted by atomic mass is 16.7. The van der Waals surface area contributed by atoms with Gasteiger partial charge >= 0.3 is 6.03 Å².